The molecule has 0 saturated carbocycles. The third-order valence-electron chi connectivity index (χ3n) is 2.12. The first-order chi connectivity index (χ1) is 8.66. The number of alkyl halides is 3. The molecule has 5 nitrogen and oxygen atoms in total. The van der Waals surface area contributed by atoms with E-state index in [1.165, 1.54) is 6.92 Å². The number of carbonyl (C=O) groups is 1. The van der Waals surface area contributed by atoms with Gasteiger partial charge in [0.1, 0.15) is 0 Å². The van der Waals surface area contributed by atoms with Crippen molar-refractivity contribution >= 4 is 15.9 Å². The van der Waals surface area contributed by atoms with Gasteiger partial charge in [-0.15, -0.1) is 4.83 Å². The molecule has 0 atom stereocenters. The van der Waals surface area contributed by atoms with Crippen molar-refractivity contribution in [2.75, 3.05) is 0 Å². The first kappa shape index (κ1) is 15.4. The van der Waals surface area contributed by atoms with E-state index in [0.717, 1.165) is 18.2 Å². The van der Waals surface area contributed by atoms with E-state index in [4.69, 9.17) is 0 Å². The van der Waals surface area contributed by atoms with Gasteiger partial charge in [0.2, 0.25) is 5.91 Å². The van der Waals surface area contributed by atoms with Crippen LogP contribution >= 0.6 is 0 Å². The molecule has 9 heteroatoms. The Balaban J connectivity index is 2.99. The van der Waals surface area contributed by atoms with Crippen molar-refractivity contribution in [2.45, 2.75) is 24.4 Å². The molecule has 1 aromatic carbocycles. The van der Waals surface area contributed by atoms with Crippen LogP contribution in [0.25, 0.3) is 0 Å². The summed E-state index contributed by atoms with van der Waals surface area (Å²) in [5.74, 6) is -0.601. The summed E-state index contributed by atoms with van der Waals surface area (Å²) in [6.45, 7) is 1.49. The van der Waals surface area contributed by atoms with Gasteiger partial charge in [-0.25, -0.2) is 8.42 Å². The summed E-state index contributed by atoms with van der Waals surface area (Å²) in [7, 11) is -4.23. The number of carbonyl (C=O) groups excluding carboxylic acids is 1. The molecule has 0 heterocycles. The summed E-state index contributed by atoms with van der Waals surface area (Å²) < 4.78 is 60.6. The lowest BCUT2D eigenvalue weighted by Crippen LogP contribution is -2.41. The van der Waals surface area contributed by atoms with Crippen LogP contribution in [-0.4, -0.2) is 14.3 Å². The van der Waals surface area contributed by atoms with Crippen LogP contribution in [0.1, 0.15) is 18.9 Å². The van der Waals surface area contributed by atoms with Crippen molar-refractivity contribution in [3.63, 3.8) is 0 Å². The Labute approximate surface area is 107 Å². The van der Waals surface area contributed by atoms with Gasteiger partial charge in [0, 0.05) is 6.42 Å². The largest absolute Gasteiger partial charge is 0.416 e. The van der Waals surface area contributed by atoms with Crippen LogP contribution < -0.4 is 10.3 Å². The van der Waals surface area contributed by atoms with E-state index < -0.39 is 32.6 Å². The second-order valence-corrected chi connectivity index (χ2v) is 5.22. The monoisotopic (exact) mass is 296 g/mol. The maximum absolute atomic E-state index is 12.4. The molecular weight excluding hydrogens is 285 g/mol. The van der Waals surface area contributed by atoms with E-state index in [-0.39, 0.29) is 6.42 Å². The Morgan fingerprint density at radius 2 is 1.95 bits per heavy atom. The van der Waals surface area contributed by atoms with Crippen molar-refractivity contribution in [1.29, 1.82) is 0 Å². The average molecular weight is 296 g/mol. The predicted octanol–water partition coefficient (Wildman–Crippen LogP) is 1.42. The Bertz CT molecular complexity index is 570. The molecule has 0 fully saturated rings. The lowest BCUT2D eigenvalue weighted by molar-refractivity contribution is -0.137. The maximum atomic E-state index is 12.4. The molecule has 0 aliphatic rings. The minimum atomic E-state index is -4.64. The normalized spacial score (nSPS) is 12.2. The number of rotatable bonds is 4. The molecule has 1 amide bonds. The zero-order chi connectivity index (χ0) is 14.7. The molecule has 0 unspecified atom stereocenters. The zero-order valence-corrected chi connectivity index (χ0v) is 10.6. The topological polar surface area (TPSA) is 75.3 Å². The van der Waals surface area contributed by atoms with Crippen LogP contribution in [0, 0.1) is 0 Å². The lowest BCUT2D eigenvalue weighted by atomic mass is 10.2. The molecule has 1 aromatic rings. The minimum Gasteiger partial charge on any atom is -0.278 e. The predicted molar refractivity (Wildman–Crippen MR) is 60.2 cm³/mol. The molecule has 0 aromatic heterocycles. The van der Waals surface area contributed by atoms with Crippen LogP contribution in [0.3, 0.4) is 0 Å². The van der Waals surface area contributed by atoms with Gasteiger partial charge in [-0.1, -0.05) is 13.0 Å². The zero-order valence-electron chi connectivity index (χ0n) is 9.78. The molecule has 1 rings (SSSR count). The molecule has 0 bridgehead atoms. The van der Waals surface area contributed by atoms with Crippen molar-refractivity contribution in [3.05, 3.63) is 29.8 Å². The van der Waals surface area contributed by atoms with Crippen LogP contribution in [0.4, 0.5) is 13.2 Å². The molecule has 2 N–H and O–H groups in total. The van der Waals surface area contributed by atoms with Crippen LogP contribution in [0.2, 0.25) is 0 Å². The fourth-order valence-electron chi connectivity index (χ4n) is 1.11. The Morgan fingerprint density at radius 3 is 2.47 bits per heavy atom. The van der Waals surface area contributed by atoms with E-state index in [2.05, 4.69) is 0 Å². The summed E-state index contributed by atoms with van der Waals surface area (Å²) in [6.07, 6.45) is -4.61. The molecule has 0 aliphatic heterocycles. The Kier molecular flexibility index (Phi) is 4.53. The first-order valence-corrected chi connectivity index (χ1v) is 6.63. The molecule has 0 saturated heterocycles. The van der Waals surface area contributed by atoms with Crippen molar-refractivity contribution in [3.8, 4) is 0 Å². The second kappa shape index (κ2) is 5.57. The van der Waals surface area contributed by atoms with E-state index in [0.29, 0.717) is 6.07 Å². The van der Waals surface area contributed by atoms with Gasteiger partial charge in [0.05, 0.1) is 10.5 Å². The van der Waals surface area contributed by atoms with Crippen LogP contribution in [0.15, 0.2) is 29.2 Å². The second-order valence-electron chi connectivity index (χ2n) is 3.53. The quantitative estimate of drug-likeness (QED) is 0.825. The molecule has 0 radical (unpaired) electrons. The standard InChI is InChI=1S/C10H11F3N2O3S/c1-2-9(16)14-15-19(17,18)8-5-3-4-7(6-8)10(11,12)13/h3-6,15H,2H2,1H3,(H,14,16). The van der Waals surface area contributed by atoms with Crippen LogP contribution in [0.5, 0.6) is 0 Å². The van der Waals surface area contributed by atoms with Crippen LogP contribution in [-0.2, 0) is 21.0 Å². The SMILES string of the molecule is CCC(=O)NNS(=O)(=O)c1cccc(C(F)(F)F)c1. The van der Waals surface area contributed by atoms with E-state index >= 15 is 0 Å². The number of benzene rings is 1. The Hall–Kier alpha value is -1.61. The highest BCUT2D eigenvalue weighted by Crippen LogP contribution is 2.30. The number of hydrogen-bond acceptors (Lipinski definition) is 3. The third kappa shape index (κ3) is 4.21. The fraction of sp³-hybridized carbons (Fsp3) is 0.300. The van der Waals surface area contributed by atoms with E-state index in [9.17, 15) is 26.4 Å². The molecule has 0 aliphatic carbocycles. The van der Waals surface area contributed by atoms with Gasteiger partial charge in [-0.3, -0.25) is 10.2 Å². The summed E-state index contributed by atoms with van der Waals surface area (Å²) in [4.78, 5) is 12.0. The lowest BCUT2D eigenvalue weighted by Gasteiger charge is -2.10. The number of nitrogens with one attached hydrogen (secondary N) is 2. The first-order valence-electron chi connectivity index (χ1n) is 5.14. The molecule has 0 spiro atoms. The summed E-state index contributed by atoms with van der Waals surface area (Å²) in [5, 5.41) is 0. The highest BCUT2D eigenvalue weighted by molar-refractivity contribution is 7.89. The number of sulfonamides is 1. The fourth-order valence-corrected chi connectivity index (χ4v) is 2.02. The van der Waals surface area contributed by atoms with Crippen molar-refractivity contribution < 1.29 is 26.4 Å². The van der Waals surface area contributed by atoms with Gasteiger partial charge in [0.15, 0.2) is 0 Å². The summed E-state index contributed by atoms with van der Waals surface area (Å²) in [5.41, 5.74) is 0.785. The smallest absolute Gasteiger partial charge is 0.278 e. The molecule has 106 valence electrons. The number of hydrazine groups is 1. The van der Waals surface area contributed by atoms with E-state index in [1.807, 2.05) is 5.43 Å². The van der Waals surface area contributed by atoms with Crippen molar-refractivity contribution in [1.82, 2.24) is 10.3 Å². The third-order valence-corrected chi connectivity index (χ3v) is 3.36. The van der Waals surface area contributed by atoms with Gasteiger partial charge >= 0.3 is 6.18 Å². The minimum absolute atomic E-state index is 0.0328. The summed E-state index contributed by atoms with van der Waals surface area (Å²) >= 11 is 0. The van der Waals surface area contributed by atoms with E-state index in [1.54, 1.807) is 4.83 Å². The van der Waals surface area contributed by atoms with Gasteiger partial charge in [-0.05, 0) is 18.2 Å². The summed E-state index contributed by atoms with van der Waals surface area (Å²) in [6, 6.07) is 3.21. The highest BCUT2D eigenvalue weighted by atomic mass is 32.2. The maximum Gasteiger partial charge on any atom is 0.416 e. The number of amides is 1. The Morgan fingerprint density at radius 1 is 1.32 bits per heavy atom. The number of hydrogen-bond donors (Lipinski definition) is 2. The van der Waals surface area contributed by atoms with Crippen molar-refractivity contribution in [2.24, 2.45) is 0 Å². The van der Waals surface area contributed by atoms with Gasteiger partial charge < -0.3 is 0 Å². The van der Waals surface area contributed by atoms with Gasteiger partial charge in [-0.2, -0.15) is 13.2 Å². The average Bonchev–Trinajstić information content (AvgIpc) is 2.35. The molecular formula is C10H11F3N2O3S. The van der Waals surface area contributed by atoms with Gasteiger partial charge in [0.25, 0.3) is 10.0 Å². The number of halogens is 3. The highest BCUT2D eigenvalue weighted by Gasteiger charge is 2.31. The molecule has 19 heavy (non-hydrogen) atoms.